The van der Waals surface area contributed by atoms with Crippen LogP contribution in [0.2, 0.25) is 0 Å². The van der Waals surface area contributed by atoms with Crippen LogP contribution in [0, 0.1) is 0 Å². The number of benzene rings is 3. The van der Waals surface area contributed by atoms with E-state index in [1.54, 1.807) is 0 Å². The predicted molar refractivity (Wildman–Crippen MR) is 113 cm³/mol. The van der Waals surface area contributed by atoms with Crippen molar-refractivity contribution in [3.63, 3.8) is 0 Å². The Labute approximate surface area is 158 Å². The topological polar surface area (TPSA) is 3.24 Å². The van der Waals surface area contributed by atoms with Crippen molar-refractivity contribution >= 4 is 40.6 Å². The molecule has 0 radical (unpaired) electrons. The summed E-state index contributed by atoms with van der Waals surface area (Å²) in [5.74, 6) is 2.55. The maximum atomic E-state index is 2.31. The molecular formula is C22H21NS2. The average molecular weight is 364 g/mol. The molecule has 1 fully saturated rings. The van der Waals surface area contributed by atoms with Gasteiger partial charge in [-0.05, 0) is 59.9 Å². The van der Waals surface area contributed by atoms with Crippen molar-refractivity contribution in [1.82, 2.24) is 0 Å². The molecule has 3 heteroatoms. The number of nitrogens with zero attached hydrogens (tertiary/aromatic N) is 1. The molecule has 3 aromatic rings. The van der Waals surface area contributed by atoms with Crippen molar-refractivity contribution in [3.05, 3.63) is 90.5 Å². The van der Waals surface area contributed by atoms with E-state index in [0.717, 1.165) is 0 Å². The van der Waals surface area contributed by atoms with Crippen LogP contribution in [0.4, 0.5) is 17.1 Å². The summed E-state index contributed by atoms with van der Waals surface area (Å²) in [6.45, 7) is 0. The van der Waals surface area contributed by atoms with E-state index in [9.17, 15) is 0 Å². The molecule has 0 spiro atoms. The molecule has 1 nitrogen and oxygen atoms in total. The van der Waals surface area contributed by atoms with Gasteiger partial charge in [-0.1, -0.05) is 48.5 Å². The van der Waals surface area contributed by atoms with Gasteiger partial charge in [-0.3, -0.25) is 0 Å². The minimum Gasteiger partial charge on any atom is -0.311 e. The quantitative estimate of drug-likeness (QED) is 0.490. The zero-order valence-corrected chi connectivity index (χ0v) is 15.7. The lowest BCUT2D eigenvalue weighted by molar-refractivity contribution is 1.10. The maximum Gasteiger partial charge on any atom is 0.0751 e. The molecule has 0 saturated carbocycles. The molecular weight excluding hydrogens is 342 g/mol. The molecule has 25 heavy (non-hydrogen) atoms. The molecule has 0 bridgehead atoms. The SMILES string of the molecule is c1ccc(N(c2ccccc2)c2ccc(C3SCCCS3)cc2)cc1. The molecule has 0 aliphatic carbocycles. The van der Waals surface area contributed by atoms with E-state index in [1.807, 2.05) is 0 Å². The van der Waals surface area contributed by atoms with Gasteiger partial charge in [0, 0.05) is 17.1 Å². The van der Waals surface area contributed by atoms with Gasteiger partial charge in [0.05, 0.1) is 4.58 Å². The summed E-state index contributed by atoms with van der Waals surface area (Å²) in [5.41, 5.74) is 5.00. The Morgan fingerprint density at radius 2 is 1.08 bits per heavy atom. The van der Waals surface area contributed by atoms with Crippen molar-refractivity contribution in [2.24, 2.45) is 0 Å². The summed E-state index contributed by atoms with van der Waals surface area (Å²) in [4.78, 5) is 2.31. The second-order valence-corrected chi connectivity index (χ2v) is 8.75. The van der Waals surface area contributed by atoms with E-state index in [1.165, 1.54) is 40.6 Å². The van der Waals surface area contributed by atoms with Crippen molar-refractivity contribution in [3.8, 4) is 0 Å². The van der Waals surface area contributed by atoms with Crippen LogP contribution in [0.5, 0.6) is 0 Å². The standard InChI is InChI=1S/C22H21NS2/c1-3-8-19(9-4-1)23(20-10-5-2-6-11-20)21-14-12-18(13-15-21)22-24-16-7-17-25-22/h1-6,8-15,22H,7,16-17H2. The van der Waals surface area contributed by atoms with Gasteiger partial charge in [0.25, 0.3) is 0 Å². The molecule has 0 N–H and O–H groups in total. The molecule has 1 saturated heterocycles. The van der Waals surface area contributed by atoms with Crippen LogP contribution in [-0.4, -0.2) is 11.5 Å². The zero-order valence-electron chi connectivity index (χ0n) is 14.0. The Morgan fingerprint density at radius 1 is 0.600 bits per heavy atom. The normalized spacial score (nSPS) is 15.0. The number of para-hydroxylation sites is 2. The van der Waals surface area contributed by atoms with Gasteiger partial charge in [-0.25, -0.2) is 0 Å². The molecule has 4 rings (SSSR count). The Hall–Kier alpha value is -1.84. The third kappa shape index (κ3) is 3.88. The molecule has 126 valence electrons. The van der Waals surface area contributed by atoms with Crippen molar-refractivity contribution in [1.29, 1.82) is 0 Å². The van der Waals surface area contributed by atoms with E-state index in [0.29, 0.717) is 4.58 Å². The first-order chi connectivity index (χ1) is 12.4. The fourth-order valence-corrected chi connectivity index (χ4v) is 5.96. The van der Waals surface area contributed by atoms with E-state index >= 15 is 0 Å². The highest BCUT2D eigenvalue weighted by Crippen LogP contribution is 2.44. The number of anilines is 3. The molecule has 0 amide bonds. The van der Waals surface area contributed by atoms with E-state index < -0.39 is 0 Å². The van der Waals surface area contributed by atoms with Crippen LogP contribution in [0.25, 0.3) is 0 Å². The van der Waals surface area contributed by atoms with Gasteiger partial charge in [-0.2, -0.15) is 0 Å². The monoisotopic (exact) mass is 363 g/mol. The summed E-state index contributed by atoms with van der Waals surface area (Å²) in [5, 5.41) is 0. The molecule has 3 aromatic carbocycles. The lowest BCUT2D eigenvalue weighted by atomic mass is 10.1. The lowest BCUT2D eigenvalue weighted by Gasteiger charge is -2.26. The zero-order chi connectivity index (χ0) is 16.9. The van der Waals surface area contributed by atoms with Gasteiger partial charge in [0.1, 0.15) is 0 Å². The Kier molecular flexibility index (Phi) is 5.34. The number of rotatable bonds is 4. The van der Waals surface area contributed by atoms with Gasteiger partial charge in [0.15, 0.2) is 0 Å². The first-order valence-corrected chi connectivity index (χ1v) is 10.7. The highest BCUT2D eigenvalue weighted by Gasteiger charge is 2.17. The largest absolute Gasteiger partial charge is 0.311 e. The summed E-state index contributed by atoms with van der Waals surface area (Å²) in [6.07, 6.45) is 1.33. The minimum atomic E-state index is 0.588. The summed E-state index contributed by atoms with van der Waals surface area (Å²) in [7, 11) is 0. The highest BCUT2D eigenvalue weighted by atomic mass is 32.2. The van der Waals surface area contributed by atoms with Crippen LogP contribution in [0.3, 0.4) is 0 Å². The van der Waals surface area contributed by atoms with Crippen LogP contribution < -0.4 is 4.90 Å². The number of hydrogen-bond donors (Lipinski definition) is 0. The Morgan fingerprint density at radius 3 is 1.60 bits per heavy atom. The first kappa shape index (κ1) is 16.6. The first-order valence-electron chi connectivity index (χ1n) is 8.65. The summed E-state index contributed by atoms with van der Waals surface area (Å²) in [6, 6.07) is 30.2. The average Bonchev–Trinajstić information content (AvgIpc) is 2.71. The van der Waals surface area contributed by atoms with Gasteiger partial charge >= 0.3 is 0 Å². The van der Waals surface area contributed by atoms with Crippen molar-refractivity contribution < 1.29 is 0 Å². The van der Waals surface area contributed by atoms with Crippen LogP contribution in [0.1, 0.15) is 16.6 Å². The van der Waals surface area contributed by atoms with Gasteiger partial charge in [-0.15, -0.1) is 23.5 Å². The molecule has 0 unspecified atom stereocenters. The molecule has 1 aliphatic rings. The lowest BCUT2D eigenvalue weighted by Crippen LogP contribution is -2.09. The Balaban J connectivity index is 1.68. The van der Waals surface area contributed by atoms with Crippen LogP contribution >= 0.6 is 23.5 Å². The van der Waals surface area contributed by atoms with Crippen LogP contribution in [-0.2, 0) is 0 Å². The molecule has 1 aliphatic heterocycles. The second kappa shape index (κ2) is 8.03. The third-order valence-corrected chi connectivity index (χ3v) is 7.29. The molecule has 0 aromatic heterocycles. The van der Waals surface area contributed by atoms with Gasteiger partial charge in [0.2, 0.25) is 0 Å². The van der Waals surface area contributed by atoms with E-state index in [4.69, 9.17) is 0 Å². The maximum absolute atomic E-state index is 2.31. The van der Waals surface area contributed by atoms with Crippen molar-refractivity contribution in [2.45, 2.75) is 11.0 Å². The van der Waals surface area contributed by atoms with E-state index in [-0.39, 0.29) is 0 Å². The predicted octanol–water partition coefficient (Wildman–Crippen LogP) is 7.03. The molecule has 0 atom stereocenters. The summed E-state index contributed by atoms with van der Waals surface area (Å²) >= 11 is 4.15. The number of thioether (sulfide) groups is 2. The third-order valence-electron chi connectivity index (χ3n) is 4.28. The van der Waals surface area contributed by atoms with E-state index in [2.05, 4.69) is 113 Å². The fraction of sp³-hybridized carbons (Fsp3) is 0.182. The minimum absolute atomic E-state index is 0.588. The fourth-order valence-electron chi connectivity index (χ4n) is 3.06. The number of hydrogen-bond acceptors (Lipinski definition) is 3. The van der Waals surface area contributed by atoms with Gasteiger partial charge < -0.3 is 4.90 Å². The summed E-state index contributed by atoms with van der Waals surface area (Å²) < 4.78 is 0.588. The second-order valence-electron chi connectivity index (χ2n) is 6.03. The molecule has 1 heterocycles. The van der Waals surface area contributed by atoms with Crippen LogP contribution in [0.15, 0.2) is 84.9 Å². The highest BCUT2D eigenvalue weighted by molar-refractivity contribution is 8.16. The smallest absolute Gasteiger partial charge is 0.0751 e. The Bertz CT molecular complexity index is 742. The van der Waals surface area contributed by atoms with Crippen molar-refractivity contribution in [2.75, 3.05) is 16.4 Å².